The van der Waals surface area contributed by atoms with Gasteiger partial charge in [-0.15, -0.1) is 0 Å². The summed E-state index contributed by atoms with van der Waals surface area (Å²) in [4.78, 5) is 0. The highest BCUT2D eigenvalue weighted by Gasteiger charge is 2.31. The van der Waals surface area contributed by atoms with E-state index in [0.717, 1.165) is 12.1 Å². The molecule has 0 bridgehead atoms. The van der Waals surface area contributed by atoms with Crippen LogP contribution in [-0.4, -0.2) is 12.4 Å². The summed E-state index contributed by atoms with van der Waals surface area (Å²) in [7, 11) is 0. The van der Waals surface area contributed by atoms with Crippen LogP contribution in [0.15, 0.2) is 36.4 Å². The van der Waals surface area contributed by atoms with E-state index < -0.39 is 25.2 Å². The fourth-order valence-corrected chi connectivity index (χ4v) is 2.48. The summed E-state index contributed by atoms with van der Waals surface area (Å²) in [5.74, 6) is 0. The van der Waals surface area contributed by atoms with Gasteiger partial charge in [0, 0.05) is 11.4 Å². The monoisotopic (exact) mass is 348 g/mol. The van der Waals surface area contributed by atoms with E-state index in [1.54, 1.807) is 0 Å². The maximum Gasteiger partial charge on any atom is 0.393 e. The highest BCUT2D eigenvalue weighted by Crippen LogP contribution is 2.36. The van der Waals surface area contributed by atoms with E-state index in [0.29, 0.717) is 0 Å². The molecule has 2 aromatic carbocycles. The summed E-state index contributed by atoms with van der Waals surface area (Å²) in [6, 6.07) is 7.53. The van der Waals surface area contributed by atoms with Gasteiger partial charge in [-0.05, 0) is 46.5 Å². The van der Waals surface area contributed by atoms with Crippen LogP contribution in [0.25, 0.3) is 11.1 Å². The molecule has 0 spiro atoms. The predicted octanol–water partition coefficient (Wildman–Crippen LogP) is 4.73. The number of hydrogen-bond acceptors (Lipinski definition) is 2. The van der Waals surface area contributed by atoms with Crippen molar-refractivity contribution in [2.24, 2.45) is 0 Å². The zero-order chi connectivity index (χ0) is 18.1. The van der Waals surface area contributed by atoms with Crippen LogP contribution in [-0.2, 0) is 12.8 Å². The Morgan fingerprint density at radius 2 is 0.958 bits per heavy atom. The maximum absolute atomic E-state index is 12.8. The number of hydrogen-bond donors (Lipinski definition) is 2. The standard InChI is InChI=1S/C16H14F6N2/c17-15(18,19)7-9-5-11(23)1-3-13(9)14-4-2-12(24)6-10(14)8-16(20,21)22/h1-6H,7-8,23-24H2. The topological polar surface area (TPSA) is 52.0 Å². The van der Waals surface area contributed by atoms with E-state index in [2.05, 4.69) is 0 Å². The molecule has 0 radical (unpaired) electrons. The van der Waals surface area contributed by atoms with Crippen LogP contribution in [0.4, 0.5) is 37.7 Å². The average Bonchev–Trinajstić information content (AvgIpc) is 2.36. The van der Waals surface area contributed by atoms with Gasteiger partial charge in [-0.25, -0.2) is 0 Å². The van der Waals surface area contributed by atoms with E-state index >= 15 is 0 Å². The molecular formula is C16H14F6N2. The molecule has 0 fully saturated rings. The van der Waals surface area contributed by atoms with Gasteiger partial charge in [-0.2, -0.15) is 26.3 Å². The van der Waals surface area contributed by atoms with Crippen LogP contribution in [0.1, 0.15) is 11.1 Å². The SMILES string of the molecule is Nc1ccc(-c2ccc(N)cc2CC(F)(F)F)c(CC(F)(F)F)c1. The number of alkyl halides is 6. The first-order chi connectivity index (χ1) is 10.9. The lowest BCUT2D eigenvalue weighted by Crippen LogP contribution is -2.15. The normalized spacial score (nSPS) is 12.4. The Kier molecular flexibility index (Phi) is 4.68. The minimum atomic E-state index is -4.51. The van der Waals surface area contributed by atoms with Gasteiger partial charge < -0.3 is 11.5 Å². The van der Waals surface area contributed by atoms with Gasteiger partial charge in [-0.3, -0.25) is 0 Å². The Morgan fingerprint density at radius 1 is 0.625 bits per heavy atom. The minimum absolute atomic E-state index is 0.0563. The predicted molar refractivity (Wildman–Crippen MR) is 80.2 cm³/mol. The van der Waals surface area contributed by atoms with Crippen molar-refractivity contribution in [1.29, 1.82) is 0 Å². The zero-order valence-corrected chi connectivity index (χ0v) is 12.3. The summed E-state index contributed by atoms with van der Waals surface area (Å²) in [6.07, 6.45) is -11.6. The van der Waals surface area contributed by atoms with Crippen molar-refractivity contribution in [2.75, 3.05) is 11.5 Å². The molecule has 0 aliphatic heterocycles. The molecule has 0 aliphatic carbocycles. The first-order valence-corrected chi connectivity index (χ1v) is 6.85. The molecule has 0 unspecified atom stereocenters. The average molecular weight is 348 g/mol. The molecule has 2 aromatic rings. The molecule has 2 nitrogen and oxygen atoms in total. The van der Waals surface area contributed by atoms with Crippen LogP contribution in [0.3, 0.4) is 0 Å². The van der Waals surface area contributed by atoms with Crippen molar-refractivity contribution in [2.45, 2.75) is 25.2 Å². The van der Waals surface area contributed by atoms with Gasteiger partial charge in [0.05, 0.1) is 12.8 Å². The van der Waals surface area contributed by atoms with E-state index in [1.807, 2.05) is 0 Å². The van der Waals surface area contributed by atoms with Crippen molar-refractivity contribution < 1.29 is 26.3 Å². The third kappa shape index (κ3) is 4.81. The largest absolute Gasteiger partial charge is 0.399 e. The molecular weight excluding hydrogens is 334 g/mol. The Balaban J connectivity index is 2.59. The summed E-state index contributed by atoms with van der Waals surface area (Å²) in [5.41, 5.74) is 11.0. The lowest BCUT2D eigenvalue weighted by molar-refractivity contribution is -0.128. The zero-order valence-electron chi connectivity index (χ0n) is 12.3. The molecule has 0 aliphatic rings. The quantitative estimate of drug-likeness (QED) is 0.622. The number of nitrogens with two attached hydrogens (primary N) is 2. The maximum atomic E-state index is 12.8. The number of halogens is 6. The summed E-state index contributed by atoms with van der Waals surface area (Å²) >= 11 is 0. The van der Waals surface area contributed by atoms with Gasteiger partial charge in [0.25, 0.3) is 0 Å². The molecule has 8 heteroatoms. The van der Waals surface area contributed by atoms with Gasteiger partial charge in [-0.1, -0.05) is 12.1 Å². The summed E-state index contributed by atoms with van der Waals surface area (Å²) in [6.45, 7) is 0. The molecule has 130 valence electrons. The van der Waals surface area contributed by atoms with E-state index in [1.165, 1.54) is 24.3 Å². The number of anilines is 2. The number of benzene rings is 2. The highest BCUT2D eigenvalue weighted by atomic mass is 19.4. The first-order valence-electron chi connectivity index (χ1n) is 6.85. The molecule has 4 N–H and O–H groups in total. The molecule has 0 saturated carbocycles. The van der Waals surface area contributed by atoms with Gasteiger partial charge in [0.15, 0.2) is 0 Å². The fraction of sp³-hybridized carbons (Fsp3) is 0.250. The van der Waals surface area contributed by atoms with Gasteiger partial charge in [0.1, 0.15) is 0 Å². The van der Waals surface area contributed by atoms with E-state index in [9.17, 15) is 26.3 Å². The van der Waals surface area contributed by atoms with E-state index in [-0.39, 0.29) is 33.6 Å². The Bertz CT molecular complexity index is 671. The smallest absolute Gasteiger partial charge is 0.393 e. The fourth-order valence-electron chi connectivity index (χ4n) is 2.48. The van der Waals surface area contributed by atoms with Crippen LogP contribution in [0.2, 0.25) is 0 Å². The third-order valence-corrected chi connectivity index (χ3v) is 3.33. The molecule has 0 saturated heterocycles. The Labute approximate surface area is 134 Å². The van der Waals surface area contributed by atoms with Crippen molar-refractivity contribution in [3.05, 3.63) is 47.5 Å². The molecule has 24 heavy (non-hydrogen) atoms. The highest BCUT2D eigenvalue weighted by molar-refractivity contribution is 5.74. The minimum Gasteiger partial charge on any atom is -0.399 e. The van der Waals surface area contributed by atoms with Crippen LogP contribution in [0.5, 0.6) is 0 Å². The lowest BCUT2D eigenvalue weighted by Gasteiger charge is -2.17. The molecule has 0 heterocycles. The Morgan fingerprint density at radius 3 is 1.25 bits per heavy atom. The summed E-state index contributed by atoms with van der Waals surface area (Å²) in [5, 5.41) is 0. The molecule has 0 amide bonds. The number of rotatable bonds is 3. The second-order valence-corrected chi connectivity index (χ2v) is 5.42. The van der Waals surface area contributed by atoms with Gasteiger partial charge >= 0.3 is 12.4 Å². The Hall–Kier alpha value is -2.38. The molecule has 2 rings (SSSR count). The second kappa shape index (κ2) is 6.26. The van der Waals surface area contributed by atoms with Crippen molar-refractivity contribution in [1.82, 2.24) is 0 Å². The van der Waals surface area contributed by atoms with Crippen molar-refractivity contribution in [3.8, 4) is 11.1 Å². The van der Waals surface area contributed by atoms with Crippen LogP contribution in [0, 0.1) is 0 Å². The molecule has 0 atom stereocenters. The van der Waals surface area contributed by atoms with E-state index in [4.69, 9.17) is 11.5 Å². The van der Waals surface area contributed by atoms with Crippen molar-refractivity contribution >= 4 is 11.4 Å². The number of nitrogen functional groups attached to an aromatic ring is 2. The summed E-state index contributed by atoms with van der Waals surface area (Å²) < 4.78 is 76.6. The van der Waals surface area contributed by atoms with Gasteiger partial charge in [0.2, 0.25) is 0 Å². The first kappa shape index (κ1) is 18.0. The third-order valence-electron chi connectivity index (χ3n) is 3.33. The second-order valence-electron chi connectivity index (χ2n) is 5.42. The van der Waals surface area contributed by atoms with Crippen LogP contribution >= 0.6 is 0 Å². The van der Waals surface area contributed by atoms with Crippen LogP contribution < -0.4 is 11.5 Å². The van der Waals surface area contributed by atoms with Crippen molar-refractivity contribution in [3.63, 3.8) is 0 Å². The lowest BCUT2D eigenvalue weighted by atomic mass is 9.91. The molecule has 0 aromatic heterocycles.